The van der Waals surface area contributed by atoms with Crippen LogP contribution in [0.1, 0.15) is 11.8 Å². The van der Waals surface area contributed by atoms with Crippen LogP contribution in [0.3, 0.4) is 0 Å². The van der Waals surface area contributed by atoms with E-state index in [1.54, 1.807) is 23.0 Å². The van der Waals surface area contributed by atoms with E-state index in [9.17, 15) is 10.2 Å². The zero-order valence-corrected chi connectivity index (χ0v) is 15.3. The highest BCUT2D eigenvalue weighted by atomic mass is 16.7. The Morgan fingerprint density at radius 2 is 2.00 bits per heavy atom. The third-order valence-corrected chi connectivity index (χ3v) is 5.09. The van der Waals surface area contributed by atoms with Gasteiger partial charge in [0.2, 0.25) is 0 Å². The van der Waals surface area contributed by atoms with Gasteiger partial charge in [0, 0.05) is 17.8 Å². The van der Waals surface area contributed by atoms with E-state index in [4.69, 9.17) is 15.2 Å². The van der Waals surface area contributed by atoms with Crippen LogP contribution in [0.5, 0.6) is 0 Å². The van der Waals surface area contributed by atoms with Gasteiger partial charge in [0.15, 0.2) is 12.5 Å². The van der Waals surface area contributed by atoms with E-state index in [1.807, 2.05) is 30.3 Å². The maximum atomic E-state index is 10.5. The maximum Gasteiger partial charge on any atom is 0.189 e. The van der Waals surface area contributed by atoms with Crippen LogP contribution in [0, 0.1) is 0 Å². The van der Waals surface area contributed by atoms with E-state index in [0.717, 1.165) is 16.5 Å². The molecule has 9 nitrogen and oxygen atoms in total. The molecule has 0 amide bonds. The normalized spacial score (nSPS) is 24.5. The van der Waals surface area contributed by atoms with Crippen molar-refractivity contribution in [3.05, 3.63) is 60.7 Å². The highest BCUT2D eigenvalue weighted by Gasteiger charge is 2.45. The monoisotopic (exact) mass is 393 g/mol. The number of benzene rings is 1. The van der Waals surface area contributed by atoms with Crippen LogP contribution < -0.4 is 5.73 Å². The molecule has 0 unspecified atom stereocenters. The molecule has 1 aliphatic heterocycles. The Bertz CT molecular complexity index is 1180. The average Bonchev–Trinajstić information content (AvgIpc) is 3.29. The largest absolute Gasteiger partial charge is 0.385 e. The molecule has 0 saturated carbocycles. The minimum absolute atomic E-state index is 0.216. The van der Waals surface area contributed by atoms with Gasteiger partial charge in [-0.3, -0.25) is 4.98 Å². The topological polar surface area (TPSA) is 129 Å². The van der Waals surface area contributed by atoms with E-state index in [1.165, 1.54) is 6.33 Å². The number of nitrogens with two attached hydrogens (primary N) is 1. The van der Waals surface area contributed by atoms with Gasteiger partial charge >= 0.3 is 0 Å². The zero-order chi connectivity index (χ0) is 20.0. The molecule has 1 fully saturated rings. The van der Waals surface area contributed by atoms with Crippen molar-refractivity contribution in [2.75, 3.05) is 5.73 Å². The summed E-state index contributed by atoms with van der Waals surface area (Å²) < 4.78 is 13.2. The number of nitrogen functional groups attached to an aromatic ring is 1. The second-order valence-corrected chi connectivity index (χ2v) is 6.94. The van der Waals surface area contributed by atoms with Crippen molar-refractivity contribution < 1.29 is 19.7 Å². The standard InChI is InChI=1S/C20H19N5O4/c21-17-13-5-7-25(18(13)24-10-23-17)19-15(26)16(27)20(29-19)28-9-11-3-4-14-12(8-11)2-1-6-22-14/h1-8,10,15-16,19-20,26-27H,9H2,(H2,21,23,24)/t15-,16+,19-,20+/m1/s1. The number of anilines is 1. The average molecular weight is 393 g/mol. The van der Waals surface area contributed by atoms with Crippen molar-refractivity contribution in [2.24, 2.45) is 0 Å². The number of nitrogens with zero attached hydrogens (tertiary/aromatic N) is 4. The molecule has 0 aliphatic carbocycles. The van der Waals surface area contributed by atoms with Gasteiger partial charge in [-0.1, -0.05) is 12.1 Å². The lowest BCUT2D eigenvalue weighted by Crippen LogP contribution is -2.32. The molecule has 29 heavy (non-hydrogen) atoms. The van der Waals surface area contributed by atoms with Gasteiger partial charge in [0.25, 0.3) is 0 Å². The van der Waals surface area contributed by atoms with Gasteiger partial charge in [-0.15, -0.1) is 0 Å². The second-order valence-electron chi connectivity index (χ2n) is 6.94. The molecule has 4 aromatic rings. The van der Waals surface area contributed by atoms with Crippen LogP contribution in [-0.4, -0.2) is 48.2 Å². The quantitative estimate of drug-likeness (QED) is 0.474. The SMILES string of the molecule is Nc1ncnc2c1ccn2[C@@H]1O[C@H](OCc2ccc3ncccc3c2)[C@@H](O)[C@H]1O. The van der Waals surface area contributed by atoms with Crippen LogP contribution in [0.4, 0.5) is 5.82 Å². The number of ether oxygens (including phenoxy) is 2. The van der Waals surface area contributed by atoms with Gasteiger partial charge in [0.05, 0.1) is 17.5 Å². The minimum Gasteiger partial charge on any atom is -0.385 e. The van der Waals surface area contributed by atoms with Crippen LogP contribution in [0.2, 0.25) is 0 Å². The third kappa shape index (κ3) is 3.10. The van der Waals surface area contributed by atoms with Gasteiger partial charge in [-0.05, 0) is 29.8 Å². The summed E-state index contributed by atoms with van der Waals surface area (Å²) in [5.74, 6) is 0.334. The summed E-state index contributed by atoms with van der Waals surface area (Å²) >= 11 is 0. The van der Waals surface area contributed by atoms with Crippen molar-refractivity contribution in [1.82, 2.24) is 19.5 Å². The summed E-state index contributed by atoms with van der Waals surface area (Å²) in [5.41, 5.74) is 8.18. The maximum absolute atomic E-state index is 10.5. The Kier molecular flexibility index (Phi) is 4.36. The lowest BCUT2D eigenvalue weighted by Gasteiger charge is -2.17. The van der Waals surface area contributed by atoms with Gasteiger partial charge in [0.1, 0.15) is 30.0 Å². The number of fused-ring (bicyclic) bond motifs is 2. The number of aromatic nitrogens is 4. The zero-order valence-electron chi connectivity index (χ0n) is 15.3. The minimum atomic E-state index is -1.21. The van der Waals surface area contributed by atoms with Crippen molar-refractivity contribution in [3.8, 4) is 0 Å². The number of hydrogen-bond acceptors (Lipinski definition) is 8. The Morgan fingerprint density at radius 1 is 1.10 bits per heavy atom. The molecule has 0 bridgehead atoms. The lowest BCUT2D eigenvalue weighted by atomic mass is 10.1. The van der Waals surface area contributed by atoms with E-state index >= 15 is 0 Å². The summed E-state index contributed by atoms with van der Waals surface area (Å²) in [6.07, 6.45) is 0.528. The van der Waals surface area contributed by atoms with Crippen molar-refractivity contribution in [1.29, 1.82) is 0 Å². The third-order valence-electron chi connectivity index (χ3n) is 5.09. The number of aliphatic hydroxyl groups excluding tert-OH is 2. The number of hydrogen-bond donors (Lipinski definition) is 3. The van der Waals surface area contributed by atoms with Crippen molar-refractivity contribution in [3.63, 3.8) is 0 Å². The molecule has 1 aliphatic rings. The molecule has 148 valence electrons. The first-order valence-corrected chi connectivity index (χ1v) is 9.16. The molecule has 4 N–H and O–H groups in total. The Morgan fingerprint density at radius 3 is 2.90 bits per heavy atom. The van der Waals surface area contributed by atoms with Crippen molar-refractivity contribution >= 4 is 27.8 Å². The molecule has 0 spiro atoms. The van der Waals surface area contributed by atoms with Crippen LogP contribution in [0.25, 0.3) is 21.9 Å². The molecule has 4 atom stereocenters. The Labute approximate surface area is 165 Å². The van der Waals surface area contributed by atoms with E-state index in [-0.39, 0.29) is 6.61 Å². The fourth-order valence-electron chi connectivity index (χ4n) is 3.59. The molecule has 4 heterocycles. The molecular formula is C20H19N5O4. The molecule has 9 heteroatoms. The number of pyridine rings is 1. The number of aliphatic hydroxyl groups is 2. The fraction of sp³-hybridized carbons (Fsp3) is 0.250. The predicted octanol–water partition coefficient (Wildman–Crippen LogP) is 1.36. The van der Waals surface area contributed by atoms with Crippen LogP contribution >= 0.6 is 0 Å². The molecule has 3 aromatic heterocycles. The van der Waals surface area contributed by atoms with E-state index in [2.05, 4.69) is 15.0 Å². The van der Waals surface area contributed by atoms with E-state index < -0.39 is 24.7 Å². The Balaban J connectivity index is 1.34. The predicted molar refractivity (Wildman–Crippen MR) is 104 cm³/mol. The number of rotatable bonds is 4. The molecule has 1 aromatic carbocycles. The summed E-state index contributed by atoms with van der Waals surface area (Å²) in [4.78, 5) is 12.4. The second kappa shape index (κ2) is 7.05. The van der Waals surface area contributed by atoms with Gasteiger partial charge in [-0.25, -0.2) is 9.97 Å². The summed E-state index contributed by atoms with van der Waals surface area (Å²) in [5, 5.41) is 22.6. The van der Waals surface area contributed by atoms with Crippen LogP contribution in [0.15, 0.2) is 55.1 Å². The van der Waals surface area contributed by atoms with Gasteiger partial charge < -0.3 is 30.0 Å². The highest BCUT2D eigenvalue weighted by Crippen LogP contribution is 2.33. The molecule has 0 radical (unpaired) electrons. The lowest BCUT2D eigenvalue weighted by molar-refractivity contribution is -0.182. The summed E-state index contributed by atoms with van der Waals surface area (Å²) in [6, 6.07) is 11.4. The first-order valence-electron chi connectivity index (χ1n) is 9.16. The first kappa shape index (κ1) is 18.0. The summed E-state index contributed by atoms with van der Waals surface area (Å²) in [7, 11) is 0. The van der Waals surface area contributed by atoms with Crippen molar-refractivity contribution in [2.45, 2.75) is 31.3 Å². The van der Waals surface area contributed by atoms with Crippen LogP contribution in [-0.2, 0) is 16.1 Å². The molecule has 5 rings (SSSR count). The molecule has 1 saturated heterocycles. The van der Waals surface area contributed by atoms with Gasteiger partial charge in [-0.2, -0.15) is 0 Å². The molecular weight excluding hydrogens is 374 g/mol. The van der Waals surface area contributed by atoms with E-state index in [0.29, 0.717) is 16.9 Å². The smallest absolute Gasteiger partial charge is 0.189 e. The highest BCUT2D eigenvalue weighted by molar-refractivity contribution is 5.86. The fourth-order valence-corrected chi connectivity index (χ4v) is 3.59. The first-order chi connectivity index (χ1) is 14.1. The summed E-state index contributed by atoms with van der Waals surface area (Å²) in [6.45, 7) is 0.216. The Hall–Kier alpha value is -3.11.